The van der Waals surface area contributed by atoms with Crippen LogP contribution in [0.3, 0.4) is 0 Å². The van der Waals surface area contributed by atoms with Crippen molar-refractivity contribution in [2.24, 2.45) is 0 Å². The molecular weight excluding hydrogens is 336 g/mol. The Hall–Kier alpha value is 0.0300. The molecule has 2 heterocycles. The van der Waals surface area contributed by atoms with Gasteiger partial charge in [0.25, 0.3) is 0 Å². The summed E-state index contributed by atoms with van der Waals surface area (Å²) in [6, 6.07) is 2.58. The smallest absolute Gasteiger partial charge is 0.0630 e. The van der Waals surface area contributed by atoms with E-state index in [1.807, 2.05) is 12.4 Å². The summed E-state index contributed by atoms with van der Waals surface area (Å²) in [4.78, 5) is 6.62. The lowest BCUT2D eigenvalue weighted by atomic mass is 10.2. The lowest BCUT2D eigenvalue weighted by Gasteiger charge is -2.34. The lowest BCUT2D eigenvalue weighted by molar-refractivity contribution is -0.00217. The van der Waals surface area contributed by atoms with Crippen LogP contribution in [0.15, 0.2) is 22.9 Å². The lowest BCUT2D eigenvalue weighted by Crippen LogP contribution is -2.45. The van der Waals surface area contributed by atoms with Crippen LogP contribution in [-0.2, 0) is 11.3 Å². The Morgan fingerprint density at radius 1 is 1.50 bits per heavy atom. The summed E-state index contributed by atoms with van der Waals surface area (Å²) in [5.74, 6) is 0. The standard InChI is InChI=1S/C11H14Br2N2O/c12-4-11-8-16-2-1-15(11)7-9-3-10(13)6-14-5-9/h3,5-6,11H,1-2,4,7-8H2. The molecule has 0 spiro atoms. The third-order valence-corrected chi connectivity index (χ3v) is 3.86. The number of nitrogens with zero attached hydrogens (tertiary/aromatic N) is 2. The van der Waals surface area contributed by atoms with Crippen molar-refractivity contribution in [3.8, 4) is 0 Å². The molecule has 0 bridgehead atoms. The summed E-state index contributed by atoms with van der Waals surface area (Å²) in [5, 5.41) is 0.953. The third kappa shape index (κ3) is 3.26. The molecule has 0 saturated carbocycles. The van der Waals surface area contributed by atoms with E-state index >= 15 is 0 Å². The molecule has 1 aliphatic rings. The van der Waals surface area contributed by atoms with Gasteiger partial charge in [0.05, 0.1) is 13.2 Å². The third-order valence-electron chi connectivity index (χ3n) is 2.67. The van der Waals surface area contributed by atoms with E-state index in [4.69, 9.17) is 4.74 Å². The SMILES string of the molecule is BrCC1COCCN1Cc1cncc(Br)c1. The van der Waals surface area contributed by atoms with Gasteiger partial charge in [-0.3, -0.25) is 9.88 Å². The maximum Gasteiger partial charge on any atom is 0.0630 e. The molecule has 1 unspecified atom stereocenters. The molecule has 0 radical (unpaired) electrons. The van der Waals surface area contributed by atoms with E-state index in [0.717, 1.165) is 36.1 Å². The van der Waals surface area contributed by atoms with Gasteiger partial charge in [0.1, 0.15) is 0 Å². The van der Waals surface area contributed by atoms with Crippen LogP contribution in [0.25, 0.3) is 0 Å². The molecule has 0 aromatic carbocycles. The molecule has 1 atom stereocenters. The van der Waals surface area contributed by atoms with E-state index < -0.39 is 0 Å². The Bertz CT molecular complexity index is 349. The van der Waals surface area contributed by atoms with Gasteiger partial charge in [-0.15, -0.1) is 0 Å². The van der Waals surface area contributed by atoms with E-state index in [0.29, 0.717) is 6.04 Å². The molecule has 1 aromatic rings. The van der Waals surface area contributed by atoms with Crippen molar-refractivity contribution < 1.29 is 4.74 Å². The first-order chi connectivity index (χ1) is 7.79. The number of hydrogen-bond acceptors (Lipinski definition) is 3. The molecular formula is C11H14Br2N2O. The summed E-state index contributed by atoms with van der Waals surface area (Å²) >= 11 is 6.98. The second-order valence-electron chi connectivity index (χ2n) is 3.86. The van der Waals surface area contributed by atoms with Crippen molar-refractivity contribution in [1.82, 2.24) is 9.88 Å². The maximum absolute atomic E-state index is 5.47. The monoisotopic (exact) mass is 348 g/mol. The minimum absolute atomic E-state index is 0.465. The first-order valence-electron chi connectivity index (χ1n) is 5.27. The van der Waals surface area contributed by atoms with E-state index in [2.05, 4.69) is 47.8 Å². The van der Waals surface area contributed by atoms with Gasteiger partial charge in [-0.25, -0.2) is 0 Å². The average molecular weight is 350 g/mol. The fourth-order valence-corrected chi connectivity index (χ4v) is 2.82. The van der Waals surface area contributed by atoms with Gasteiger partial charge in [0.15, 0.2) is 0 Å². The summed E-state index contributed by atoms with van der Waals surface area (Å²) in [5.41, 5.74) is 1.24. The van der Waals surface area contributed by atoms with Crippen molar-refractivity contribution in [2.45, 2.75) is 12.6 Å². The van der Waals surface area contributed by atoms with Gasteiger partial charge in [-0.2, -0.15) is 0 Å². The van der Waals surface area contributed by atoms with Gasteiger partial charge in [-0.1, -0.05) is 15.9 Å². The average Bonchev–Trinajstić information content (AvgIpc) is 2.30. The molecule has 2 rings (SSSR count). The zero-order valence-corrected chi connectivity index (χ0v) is 12.1. The van der Waals surface area contributed by atoms with E-state index in [1.54, 1.807) is 0 Å². The first kappa shape index (κ1) is 12.5. The summed E-state index contributed by atoms with van der Waals surface area (Å²) < 4.78 is 6.50. The predicted octanol–water partition coefficient (Wildman–Crippen LogP) is 2.44. The normalized spacial score (nSPS) is 22.2. The Kier molecular flexibility index (Phi) is 4.76. The van der Waals surface area contributed by atoms with Crippen molar-refractivity contribution in [2.75, 3.05) is 25.1 Å². The van der Waals surface area contributed by atoms with Gasteiger partial charge >= 0.3 is 0 Å². The molecule has 0 amide bonds. The Morgan fingerprint density at radius 3 is 3.12 bits per heavy atom. The molecule has 5 heteroatoms. The Morgan fingerprint density at radius 2 is 2.38 bits per heavy atom. The molecule has 88 valence electrons. The van der Waals surface area contributed by atoms with Crippen molar-refractivity contribution in [3.63, 3.8) is 0 Å². The Balaban J connectivity index is 2.02. The van der Waals surface area contributed by atoms with Gasteiger partial charge in [0, 0.05) is 41.3 Å². The highest BCUT2D eigenvalue weighted by Crippen LogP contribution is 2.16. The number of pyridine rings is 1. The Labute approximate surface area is 112 Å². The van der Waals surface area contributed by atoms with Gasteiger partial charge in [-0.05, 0) is 27.6 Å². The fourth-order valence-electron chi connectivity index (χ4n) is 1.82. The highest BCUT2D eigenvalue weighted by atomic mass is 79.9. The summed E-state index contributed by atoms with van der Waals surface area (Å²) in [6.07, 6.45) is 3.73. The number of rotatable bonds is 3. The van der Waals surface area contributed by atoms with Crippen LogP contribution in [0.2, 0.25) is 0 Å². The predicted molar refractivity (Wildman–Crippen MR) is 70.7 cm³/mol. The number of halogens is 2. The quantitative estimate of drug-likeness (QED) is 0.784. The molecule has 1 aromatic heterocycles. The minimum atomic E-state index is 0.465. The molecule has 0 N–H and O–H groups in total. The van der Waals surface area contributed by atoms with Gasteiger partial charge < -0.3 is 4.74 Å². The molecule has 16 heavy (non-hydrogen) atoms. The first-order valence-corrected chi connectivity index (χ1v) is 7.18. The zero-order valence-electron chi connectivity index (χ0n) is 8.90. The number of alkyl halides is 1. The van der Waals surface area contributed by atoms with Crippen LogP contribution in [0.5, 0.6) is 0 Å². The van der Waals surface area contributed by atoms with Crippen LogP contribution in [-0.4, -0.2) is 41.0 Å². The van der Waals surface area contributed by atoms with E-state index in [-0.39, 0.29) is 0 Å². The van der Waals surface area contributed by atoms with Crippen LogP contribution in [0.4, 0.5) is 0 Å². The minimum Gasteiger partial charge on any atom is -0.378 e. The summed E-state index contributed by atoms with van der Waals surface area (Å²) in [7, 11) is 0. The van der Waals surface area contributed by atoms with Crippen LogP contribution >= 0.6 is 31.9 Å². The van der Waals surface area contributed by atoms with Crippen LogP contribution in [0, 0.1) is 0 Å². The second-order valence-corrected chi connectivity index (χ2v) is 5.43. The highest BCUT2D eigenvalue weighted by Gasteiger charge is 2.21. The van der Waals surface area contributed by atoms with Crippen molar-refractivity contribution in [3.05, 3.63) is 28.5 Å². The molecule has 1 fully saturated rings. The topological polar surface area (TPSA) is 25.4 Å². The number of aromatic nitrogens is 1. The van der Waals surface area contributed by atoms with Crippen molar-refractivity contribution in [1.29, 1.82) is 0 Å². The number of morpholine rings is 1. The second kappa shape index (κ2) is 6.10. The largest absolute Gasteiger partial charge is 0.378 e. The van der Waals surface area contributed by atoms with Crippen LogP contribution < -0.4 is 0 Å². The zero-order chi connectivity index (χ0) is 11.4. The van der Waals surface area contributed by atoms with Gasteiger partial charge in [0.2, 0.25) is 0 Å². The van der Waals surface area contributed by atoms with E-state index in [9.17, 15) is 0 Å². The van der Waals surface area contributed by atoms with Crippen LogP contribution in [0.1, 0.15) is 5.56 Å². The molecule has 1 aliphatic heterocycles. The van der Waals surface area contributed by atoms with E-state index in [1.165, 1.54) is 5.56 Å². The highest BCUT2D eigenvalue weighted by molar-refractivity contribution is 9.10. The summed E-state index contributed by atoms with van der Waals surface area (Å²) in [6.45, 7) is 3.56. The number of hydrogen-bond donors (Lipinski definition) is 0. The maximum atomic E-state index is 5.47. The fraction of sp³-hybridized carbons (Fsp3) is 0.545. The molecule has 0 aliphatic carbocycles. The molecule has 3 nitrogen and oxygen atoms in total. The number of ether oxygens (including phenoxy) is 1. The molecule has 1 saturated heterocycles. The van der Waals surface area contributed by atoms with Crippen molar-refractivity contribution >= 4 is 31.9 Å².